The molecule has 176 valence electrons. The van der Waals surface area contributed by atoms with Gasteiger partial charge in [0.05, 0.1) is 18.5 Å². The predicted molar refractivity (Wildman–Crippen MR) is 113 cm³/mol. The third-order valence-corrected chi connectivity index (χ3v) is 4.58. The van der Waals surface area contributed by atoms with E-state index in [0.29, 0.717) is 0 Å². The highest BCUT2D eigenvalue weighted by Crippen LogP contribution is 2.27. The SMILES string of the molecule is CC(OC(c1ccccc1)c1ccnn1C)N(C)C.O=C(O)CC(O)(CC(=O)O)C(=O)O. The van der Waals surface area contributed by atoms with E-state index in [1.807, 2.05) is 61.9 Å². The number of hydrogen-bond donors (Lipinski definition) is 4. The Bertz CT molecular complexity index is 881. The summed E-state index contributed by atoms with van der Waals surface area (Å²) in [5.41, 5.74) is -0.544. The Morgan fingerprint density at radius 3 is 1.97 bits per heavy atom. The molecule has 1 heterocycles. The van der Waals surface area contributed by atoms with E-state index < -0.39 is 36.4 Å². The Labute approximate surface area is 185 Å². The number of carboxylic acids is 3. The van der Waals surface area contributed by atoms with Gasteiger partial charge in [-0.2, -0.15) is 5.10 Å². The minimum Gasteiger partial charge on any atom is -0.481 e. The molecule has 0 aliphatic heterocycles. The highest BCUT2D eigenvalue weighted by atomic mass is 16.5. The van der Waals surface area contributed by atoms with E-state index in [0.717, 1.165) is 11.3 Å². The number of benzene rings is 1. The van der Waals surface area contributed by atoms with Gasteiger partial charge in [-0.1, -0.05) is 30.3 Å². The first-order chi connectivity index (χ1) is 14.9. The van der Waals surface area contributed by atoms with Gasteiger partial charge in [-0.3, -0.25) is 19.2 Å². The summed E-state index contributed by atoms with van der Waals surface area (Å²) in [6, 6.07) is 12.2. The monoisotopic (exact) mass is 451 g/mol. The first-order valence-corrected chi connectivity index (χ1v) is 9.61. The molecule has 2 atom stereocenters. The van der Waals surface area contributed by atoms with Crippen LogP contribution in [0.2, 0.25) is 0 Å². The summed E-state index contributed by atoms with van der Waals surface area (Å²) in [6.45, 7) is 2.05. The average molecular weight is 451 g/mol. The lowest BCUT2D eigenvalue weighted by molar-refractivity contribution is -0.170. The van der Waals surface area contributed by atoms with Crippen molar-refractivity contribution in [2.75, 3.05) is 14.1 Å². The molecule has 0 saturated carbocycles. The molecular weight excluding hydrogens is 422 g/mol. The van der Waals surface area contributed by atoms with Crippen LogP contribution in [0.1, 0.15) is 37.1 Å². The van der Waals surface area contributed by atoms with Gasteiger partial charge < -0.3 is 25.2 Å². The lowest BCUT2D eigenvalue weighted by atomic mass is 9.96. The van der Waals surface area contributed by atoms with Crippen molar-refractivity contribution in [1.29, 1.82) is 0 Å². The number of carboxylic acid groups (broad SMARTS) is 3. The average Bonchev–Trinajstić information content (AvgIpc) is 3.11. The van der Waals surface area contributed by atoms with Crippen LogP contribution in [0.15, 0.2) is 42.6 Å². The smallest absolute Gasteiger partial charge is 0.336 e. The number of hydrogen-bond acceptors (Lipinski definition) is 7. The summed E-state index contributed by atoms with van der Waals surface area (Å²) >= 11 is 0. The third kappa shape index (κ3) is 8.10. The minimum atomic E-state index is -2.74. The molecule has 0 bridgehead atoms. The molecule has 0 aliphatic rings. The molecule has 0 amide bonds. The van der Waals surface area contributed by atoms with Crippen LogP contribution in [0.25, 0.3) is 0 Å². The van der Waals surface area contributed by atoms with Crippen molar-refractivity contribution < 1.29 is 39.5 Å². The lowest BCUT2D eigenvalue weighted by Gasteiger charge is -2.27. The Morgan fingerprint density at radius 2 is 1.59 bits per heavy atom. The Morgan fingerprint density at radius 1 is 1.06 bits per heavy atom. The topological polar surface area (TPSA) is 162 Å². The lowest BCUT2D eigenvalue weighted by Crippen LogP contribution is -2.42. The van der Waals surface area contributed by atoms with Gasteiger partial charge in [-0.25, -0.2) is 4.79 Å². The number of aliphatic carboxylic acids is 3. The fourth-order valence-electron chi connectivity index (χ4n) is 2.62. The van der Waals surface area contributed by atoms with Crippen LogP contribution >= 0.6 is 0 Å². The third-order valence-electron chi connectivity index (χ3n) is 4.58. The highest BCUT2D eigenvalue weighted by molar-refractivity contribution is 5.88. The van der Waals surface area contributed by atoms with Crippen LogP contribution in [-0.4, -0.2) is 78.9 Å². The molecule has 11 heteroatoms. The fourth-order valence-corrected chi connectivity index (χ4v) is 2.62. The van der Waals surface area contributed by atoms with E-state index in [9.17, 15) is 14.4 Å². The number of rotatable bonds is 10. The van der Waals surface area contributed by atoms with E-state index in [4.69, 9.17) is 25.2 Å². The van der Waals surface area contributed by atoms with Crippen molar-refractivity contribution in [2.45, 2.75) is 37.7 Å². The van der Waals surface area contributed by atoms with Gasteiger partial charge in [0, 0.05) is 13.2 Å². The minimum absolute atomic E-state index is 0.0279. The first-order valence-electron chi connectivity index (χ1n) is 9.61. The Hall–Kier alpha value is -3.28. The number of ether oxygens (including phenoxy) is 1. The van der Waals surface area contributed by atoms with Crippen LogP contribution in [0.4, 0.5) is 0 Å². The number of carbonyl (C=O) groups is 3. The number of aryl methyl sites for hydroxylation is 1. The number of nitrogens with zero attached hydrogens (tertiary/aromatic N) is 3. The zero-order chi connectivity index (χ0) is 24.5. The van der Waals surface area contributed by atoms with E-state index in [1.165, 1.54) is 0 Å². The molecule has 2 unspecified atom stereocenters. The number of aliphatic hydroxyl groups is 1. The maximum atomic E-state index is 10.3. The second kappa shape index (κ2) is 11.9. The maximum absolute atomic E-state index is 10.3. The molecule has 0 spiro atoms. The second-order valence-electron chi connectivity index (χ2n) is 7.35. The quantitative estimate of drug-likeness (QED) is 0.386. The molecule has 1 aromatic carbocycles. The van der Waals surface area contributed by atoms with Crippen LogP contribution in [-0.2, 0) is 26.2 Å². The standard InChI is InChI=1S/C15H21N3O.C6H8O7/c1-12(17(2)3)19-15(13-8-6-5-7-9-13)14-10-11-16-18(14)4;7-3(8)1-6(13,5(11)12)2-4(9)10/h5-12,15H,1-4H3;13H,1-2H2,(H,7,8)(H,9,10)(H,11,12). The maximum Gasteiger partial charge on any atom is 0.336 e. The van der Waals surface area contributed by atoms with Crippen LogP contribution in [0, 0.1) is 0 Å². The van der Waals surface area contributed by atoms with E-state index in [2.05, 4.69) is 17.2 Å². The summed E-state index contributed by atoms with van der Waals surface area (Å²) < 4.78 is 8.05. The molecular formula is C21H29N3O8. The molecule has 0 saturated heterocycles. The van der Waals surface area contributed by atoms with Crippen molar-refractivity contribution in [1.82, 2.24) is 14.7 Å². The van der Waals surface area contributed by atoms with Gasteiger partial charge >= 0.3 is 17.9 Å². The van der Waals surface area contributed by atoms with E-state index in [1.54, 1.807) is 6.20 Å². The fraction of sp³-hybridized carbons (Fsp3) is 0.429. The van der Waals surface area contributed by atoms with Crippen LogP contribution < -0.4 is 0 Å². The summed E-state index contributed by atoms with van der Waals surface area (Å²) in [5.74, 6) is -5.02. The van der Waals surface area contributed by atoms with Gasteiger partial charge in [-0.15, -0.1) is 0 Å². The molecule has 1 aromatic heterocycles. The van der Waals surface area contributed by atoms with Gasteiger partial charge in [0.15, 0.2) is 5.60 Å². The van der Waals surface area contributed by atoms with Gasteiger partial charge in [0.1, 0.15) is 12.3 Å². The van der Waals surface area contributed by atoms with Gasteiger partial charge in [-0.05, 0) is 32.6 Å². The van der Waals surface area contributed by atoms with Crippen molar-refractivity contribution in [3.05, 3.63) is 53.9 Å². The molecule has 0 aliphatic carbocycles. The zero-order valence-electron chi connectivity index (χ0n) is 18.4. The highest BCUT2D eigenvalue weighted by Gasteiger charge is 2.40. The van der Waals surface area contributed by atoms with Crippen molar-refractivity contribution in [2.24, 2.45) is 7.05 Å². The van der Waals surface area contributed by atoms with Gasteiger partial charge in [0.2, 0.25) is 0 Å². The zero-order valence-corrected chi connectivity index (χ0v) is 18.4. The normalized spacial score (nSPS) is 13.1. The molecule has 0 fully saturated rings. The van der Waals surface area contributed by atoms with Crippen molar-refractivity contribution >= 4 is 17.9 Å². The molecule has 0 radical (unpaired) electrons. The van der Waals surface area contributed by atoms with Crippen molar-refractivity contribution in [3.8, 4) is 0 Å². The second-order valence-corrected chi connectivity index (χ2v) is 7.35. The molecule has 2 rings (SSSR count). The summed E-state index contributed by atoms with van der Waals surface area (Å²) in [7, 11) is 5.96. The van der Waals surface area contributed by atoms with Gasteiger partial charge in [0.25, 0.3) is 0 Å². The molecule has 32 heavy (non-hydrogen) atoms. The molecule has 4 N–H and O–H groups in total. The summed E-state index contributed by atoms with van der Waals surface area (Å²) in [4.78, 5) is 32.5. The van der Waals surface area contributed by atoms with E-state index >= 15 is 0 Å². The van der Waals surface area contributed by atoms with Crippen LogP contribution in [0.5, 0.6) is 0 Å². The van der Waals surface area contributed by atoms with E-state index in [-0.39, 0.29) is 12.3 Å². The Balaban J connectivity index is 0.000000347. The first kappa shape index (κ1) is 26.8. The number of aromatic nitrogens is 2. The van der Waals surface area contributed by atoms with Crippen LogP contribution in [0.3, 0.4) is 0 Å². The predicted octanol–water partition coefficient (Wildman–Crippen LogP) is 1.19. The Kier molecular flexibility index (Phi) is 9.98. The molecule has 2 aromatic rings. The summed E-state index contributed by atoms with van der Waals surface area (Å²) in [6.07, 6.45) is -0.565. The summed E-state index contributed by atoms with van der Waals surface area (Å²) in [5, 5.41) is 38.0. The largest absolute Gasteiger partial charge is 0.481 e. The van der Waals surface area contributed by atoms with Crippen molar-refractivity contribution in [3.63, 3.8) is 0 Å². The molecule has 11 nitrogen and oxygen atoms in total.